The van der Waals surface area contributed by atoms with Crippen LogP contribution in [-0.4, -0.2) is 79.9 Å². The number of urea groups is 1. The van der Waals surface area contributed by atoms with Crippen molar-refractivity contribution in [2.24, 2.45) is 0 Å². The highest BCUT2D eigenvalue weighted by molar-refractivity contribution is 5.99. The molecule has 0 spiro atoms. The fourth-order valence-electron chi connectivity index (χ4n) is 3.81. The van der Waals surface area contributed by atoms with Gasteiger partial charge in [-0.15, -0.1) is 0 Å². The van der Waals surface area contributed by atoms with E-state index in [9.17, 15) is 19.2 Å². The number of anilines is 1. The maximum absolute atomic E-state index is 12.7. The molecule has 2 fully saturated rings. The highest BCUT2D eigenvalue weighted by Gasteiger charge is 2.37. The molecule has 0 aromatic heterocycles. The summed E-state index contributed by atoms with van der Waals surface area (Å²) in [6, 6.07) is 3.91. The molecule has 2 aliphatic heterocycles. The van der Waals surface area contributed by atoms with Crippen LogP contribution in [0.3, 0.4) is 0 Å². The third kappa shape index (κ3) is 5.07. The lowest BCUT2D eigenvalue weighted by Gasteiger charge is -2.35. The third-order valence-corrected chi connectivity index (χ3v) is 5.58. The number of likely N-dealkylation sites (tertiary alicyclic amines) is 1. The number of hydrogen-bond acceptors (Lipinski definition) is 7. The second-order valence-corrected chi connectivity index (χ2v) is 7.50. The van der Waals surface area contributed by atoms with Crippen molar-refractivity contribution in [2.45, 2.75) is 38.3 Å². The molecule has 3 rings (SSSR count). The smallest absolute Gasteiger partial charge is 0.410 e. The molecule has 2 heterocycles. The topological polar surface area (TPSA) is 114 Å². The van der Waals surface area contributed by atoms with Crippen LogP contribution in [0.5, 0.6) is 0 Å². The van der Waals surface area contributed by atoms with Crippen molar-refractivity contribution >= 4 is 29.8 Å². The number of ether oxygens (including phenoxy) is 3. The minimum absolute atomic E-state index is 0.0432. The molecule has 1 N–H and O–H groups in total. The normalized spacial score (nSPS) is 19.1. The lowest BCUT2D eigenvalue weighted by Crippen LogP contribution is -2.48. The fraction of sp³-hybridized carbons (Fsp3) is 0.524. The number of carbonyl (C=O) groups excluding carboxylic acids is 4. The van der Waals surface area contributed by atoms with Gasteiger partial charge in [-0.2, -0.15) is 0 Å². The third-order valence-electron chi connectivity index (χ3n) is 5.58. The van der Waals surface area contributed by atoms with Crippen molar-refractivity contribution in [1.82, 2.24) is 9.80 Å². The summed E-state index contributed by atoms with van der Waals surface area (Å²) in [4.78, 5) is 52.0. The van der Waals surface area contributed by atoms with Gasteiger partial charge in [-0.25, -0.2) is 19.2 Å². The quantitative estimate of drug-likeness (QED) is 0.560. The van der Waals surface area contributed by atoms with Gasteiger partial charge in [0.15, 0.2) is 0 Å². The minimum atomic E-state index is -0.634. The summed E-state index contributed by atoms with van der Waals surface area (Å²) in [6.07, 6.45) is 1.72. The van der Waals surface area contributed by atoms with Crippen molar-refractivity contribution in [3.05, 3.63) is 29.3 Å². The Kier molecular flexibility index (Phi) is 6.98. The van der Waals surface area contributed by atoms with Gasteiger partial charge in [-0.05, 0) is 37.5 Å². The zero-order valence-corrected chi connectivity index (χ0v) is 17.9. The van der Waals surface area contributed by atoms with Gasteiger partial charge in [0.25, 0.3) is 0 Å². The lowest BCUT2D eigenvalue weighted by atomic mass is 10.0. The van der Waals surface area contributed by atoms with E-state index in [4.69, 9.17) is 14.2 Å². The second-order valence-electron chi connectivity index (χ2n) is 7.50. The Bertz CT molecular complexity index is 830. The maximum atomic E-state index is 12.7. The molecule has 2 saturated heterocycles. The summed E-state index contributed by atoms with van der Waals surface area (Å²) in [7, 11) is 2.46. The maximum Gasteiger partial charge on any atom is 0.410 e. The number of esters is 2. The molecule has 10 heteroatoms. The molecular weight excluding hydrogens is 406 g/mol. The van der Waals surface area contributed by atoms with E-state index < -0.39 is 11.9 Å². The largest absolute Gasteiger partial charge is 0.465 e. The first-order valence-corrected chi connectivity index (χ1v) is 10.2. The Morgan fingerprint density at radius 3 is 2.13 bits per heavy atom. The van der Waals surface area contributed by atoms with Gasteiger partial charge < -0.3 is 29.3 Å². The Hall–Kier alpha value is -3.30. The molecule has 10 nitrogen and oxygen atoms in total. The van der Waals surface area contributed by atoms with Crippen LogP contribution < -0.4 is 5.32 Å². The number of amides is 3. The highest BCUT2D eigenvalue weighted by atomic mass is 16.6. The molecule has 1 unspecified atom stereocenters. The molecule has 0 saturated carbocycles. The summed E-state index contributed by atoms with van der Waals surface area (Å²) in [6.45, 7) is 3.51. The molecule has 0 bridgehead atoms. The SMILES string of the molecule is CCC1CN(C2CCN(C(=O)Nc3cc(C(=O)OC)cc(C(=O)OC)c3)CC2)C(=O)O1. The van der Waals surface area contributed by atoms with Crippen LogP contribution in [0, 0.1) is 0 Å². The van der Waals surface area contributed by atoms with Gasteiger partial charge in [0.05, 0.1) is 31.9 Å². The van der Waals surface area contributed by atoms with Crippen LogP contribution in [0.15, 0.2) is 18.2 Å². The first kappa shape index (κ1) is 22.4. The number of rotatable bonds is 5. The number of piperidine rings is 1. The van der Waals surface area contributed by atoms with E-state index in [2.05, 4.69) is 5.32 Å². The van der Waals surface area contributed by atoms with Gasteiger partial charge in [0.2, 0.25) is 0 Å². The molecule has 0 radical (unpaired) electrons. The number of nitrogens with zero attached hydrogens (tertiary/aromatic N) is 2. The Morgan fingerprint density at radius 1 is 1.06 bits per heavy atom. The Balaban J connectivity index is 1.64. The fourth-order valence-corrected chi connectivity index (χ4v) is 3.81. The minimum Gasteiger partial charge on any atom is -0.465 e. The number of nitrogens with one attached hydrogen (secondary N) is 1. The van der Waals surface area contributed by atoms with E-state index >= 15 is 0 Å². The van der Waals surface area contributed by atoms with Gasteiger partial charge in [-0.1, -0.05) is 6.92 Å². The summed E-state index contributed by atoms with van der Waals surface area (Å²) in [5.74, 6) is -1.27. The van der Waals surface area contributed by atoms with Crippen LogP contribution in [0.25, 0.3) is 0 Å². The van der Waals surface area contributed by atoms with Crippen molar-refractivity contribution in [3.8, 4) is 0 Å². The summed E-state index contributed by atoms with van der Waals surface area (Å²) < 4.78 is 14.7. The predicted molar refractivity (Wildman–Crippen MR) is 110 cm³/mol. The number of carbonyl (C=O) groups is 4. The standard InChI is InChI=1S/C21H27N3O7/c1-4-17-12-24(21(28)31-17)16-5-7-23(8-6-16)20(27)22-15-10-13(18(25)29-2)9-14(11-15)19(26)30-3/h9-11,16-17H,4-8,12H2,1-3H3,(H,22,27). The van der Waals surface area contributed by atoms with Crippen LogP contribution in [0.4, 0.5) is 15.3 Å². The van der Waals surface area contributed by atoms with Crippen LogP contribution in [0.1, 0.15) is 46.9 Å². The van der Waals surface area contributed by atoms with Crippen molar-refractivity contribution in [3.63, 3.8) is 0 Å². The molecule has 2 aliphatic rings. The zero-order valence-electron chi connectivity index (χ0n) is 17.9. The average Bonchev–Trinajstić information content (AvgIpc) is 3.18. The number of methoxy groups -OCH3 is 2. The molecule has 1 atom stereocenters. The van der Waals surface area contributed by atoms with E-state index in [1.54, 1.807) is 9.80 Å². The number of benzene rings is 1. The van der Waals surface area contributed by atoms with Crippen LogP contribution >= 0.6 is 0 Å². The summed E-state index contributed by atoms with van der Waals surface area (Å²) >= 11 is 0. The number of hydrogen-bond donors (Lipinski definition) is 1. The van der Waals surface area contributed by atoms with Gasteiger partial charge >= 0.3 is 24.1 Å². The summed E-state index contributed by atoms with van der Waals surface area (Å²) in [5, 5.41) is 2.73. The Labute approximate surface area is 180 Å². The molecule has 0 aliphatic carbocycles. The molecule has 1 aromatic carbocycles. The van der Waals surface area contributed by atoms with Crippen molar-refractivity contribution in [1.29, 1.82) is 0 Å². The van der Waals surface area contributed by atoms with Crippen molar-refractivity contribution < 1.29 is 33.4 Å². The average molecular weight is 433 g/mol. The van der Waals surface area contributed by atoms with Crippen LogP contribution in [0.2, 0.25) is 0 Å². The van der Waals surface area contributed by atoms with E-state index in [0.717, 1.165) is 6.42 Å². The second kappa shape index (κ2) is 9.67. The van der Waals surface area contributed by atoms with Crippen molar-refractivity contribution in [2.75, 3.05) is 39.2 Å². The van der Waals surface area contributed by atoms with Gasteiger partial charge in [0, 0.05) is 24.8 Å². The van der Waals surface area contributed by atoms with Gasteiger partial charge in [0.1, 0.15) is 6.10 Å². The Morgan fingerprint density at radius 2 is 1.65 bits per heavy atom. The zero-order chi connectivity index (χ0) is 22.5. The van der Waals surface area contributed by atoms with E-state index in [0.29, 0.717) is 32.5 Å². The molecule has 31 heavy (non-hydrogen) atoms. The van der Waals surface area contributed by atoms with E-state index in [-0.39, 0.29) is 41.1 Å². The molecule has 168 valence electrons. The highest BCUT2D eigenvalue weighted by Crippen LogP contribution is 2.24. The number of cyclic esters (lactones) is 1. The summed E-state index contributed by atoms with van der Waals surface area (Å²) in [5.41, 5.74) is 0.527. The first-order valence-electron chi connectivity index (χ1n) is 10.2. The van der Waals surface area contributed by atoms with Gasteiger partial charge in [-0.3, -0.25) is 0 Å². The lowest BCUT2D eigenvalue weighted by molar-refractivity contribution is 0.0599. The van der Waals surface area contributed by atoms with E-state index in [1.165, 1.54) is 32.4 Å². The first-order chi connectivity index (χ1) is 14.9. The predicted octanol–water partition coefficient (Wildman–Crippen LogP) is 2.49. The molecule has 1 aromatic rings. The van der Waals surface area contributed by atoms with Crippen LogP contribution in [-0.2, 0) is 14.2 Å². The molecule has 3 amide bonds. The van der Waals surface area contributed by atoms with E-state index in [1.807, 2.05) is 6.92 Å². The molecular formula is C21H27N3O7. The monoisotopic (exact) mass is 433 g/mol.